The van der Waals surface area contributed by atoms with Crippen molar-refractivity contribution in [3.05, 3.63) is 39.8 Å². The van der Waals surface area contributed by atoms with Gasteiger partial charge in [0.15, 0.2) is 0 Å². The average Bonchev–Trinajstić information content (AvgIpc) is 2.81. The number of amides is 1. The van der Waals surface area contributed by atoms with E-state index in [1.54, 1.807) is 18.2 Å². The van der Waals surface area contributed by atoms with Crippen molar-refractivity contribution in [3.8, 4) is 6.07 Å². The molecule has 0 atom stereocenters. The molecule has 0 saturated carbocycles. The van der Waals surface area contributed by atoms with Gasteiger partial charge in [0.25, 0.3) is 5.91 Å². The van der Waals surface area contributed by atoms with Crippen LogP contribution in [0.1, 0.15) is 18.9 Å². The number of benzene rings is 1. The maximum absolute atomic E-state index is 11.7. The number of fused-ring (bicyclic) bond motifs is 1. The summed E-state index contributed by atoms with van der Waals surface area (Å²) in [5.74, 6) is -0.392. The fourth-order valence-corrected chi connectivity index (χ4v) is 1.79. The van der Waals surface area contributed by atoms with E-state index in [2.05, 4.69) is 15.3 Å². The average molecular weight is 270 g/mol. The molecule has 0 fully saturated rings. The molecule has 0 spiro atoms. The fraction of sp³-hybridized carbons (Fsp3) is 0.214. The lowest BCUT2D eigenvalue weighted by molar-refractivity contribution is -0.117. The first kappa shape index (κ1) is 13.6. The summed E-state index contributed by atoms with van der Waals surface area (Å²) in [6, 6.07) is 7.04. The number of H-pyrrole nitrogens is 2. The predicted molar refractivity (Wildman–Crippen MR) is 75.8 cm³/mol. The van der Waals surface area contributed by atoms with Crippen molar-refractivity contribution in [2.75, 3.05) is 6.54 Å². The van der Waals surface area contributed by atoms with Crippen molar-refractivity contribution in [1.82, 2.24) is 15.3 Å². The number of hydrogen-bond donors (Lipinski definition) is 3. The fourth-order valence-electron chi connectivity index (χ4n) is 1.79. The maximum atomic E-state index is 11.7. The molecule has 2 rings (SSSR count). The highest BCUT2D eigenvalue weighted by Crippen LogP contribution is 2.13. The Morgan fingerprint density at radius 1 is 1.40 bits per heavy atom. The van der Waals surface area contributed by atoms with Crippen molar-refractivity contribution in [2.45, 2.75) is 13.3 Å². The van der Waals surface area contributed by atoms with Crippen molar-refractivity contribution < 1.29 is 4.79 Å². The number of nitriles is 1. The molecule has 0 unspecified atom stereocenters. The molecule has 1 heterocycles. The van der Waals surface area contributed by atoms with E-state index in [-0.39, 0.29) is 11.3 Å². The quantitative estimate of drug-likeness (QED) is 0.576. The van der Waals surface area contributed by atoms with Gasteiger partial charge in [-0.25, -0.2) is 4.79 Å². The molecule has 3 N–H and O–H groups in total. The van der Waals surface area contributed by atoms with Crippen LogP contribution in [-0.4, -0.2) is 22.4 Å². The number of carbonyl (C=O) groups excluding carboxylic acids is 1. The van der Waals surface area contributed by atoms with Crippen LogP contribution in [-0.2, 0) is 4.79 Å². The maximum Gasteiger partial charge on any atom is 0.323 e. The first-order valence-corrected chi connectivity index (χ1v) is 6.26. The Morgan fingerprint density at radius 3 is 2.85 bits per heavy atom. The molecule has 1 aromatic carbocycles. The van der Waals surface area contributed by atoms with Crippen LogP contribution in [0.5, 0.6) is 0 Å². The molecule has 20 heavy (non-hydrogen) atoms. The van der Waals surface area contributed by atoms with E-state index in [0.717, 1.165) is 6.42 Å². The molecular weight excluding hydrogens is 256 g/mol. The lowest BCUT2D eigenvalue weighted by atomic mass is 10.1. The number of aromatic amines is 2. The molecule has 102 valence electrons. The Balaban J connectivity index is 2.32. The van der Waals surface area contributed by atoms with Gasteiger partial charge < -0.3 is 15.3 Å². The number of nitrogens with one attached hydrogen (secondary N) is 3. The van der Waals surface area contributed by atoms with Gasteiger partial charge in [0.2, 0.25) is 0 Å². The summed E-state index contributed by atoms with van der Waals surface area (Å²) in [5, 5.41) is 11.7. The lowest BCUT2D eigenvalue weighted by Crippen LogP contribution is -2.25. The van der Waals surface area contributed by atoms with Crippen LogP contribution in [0.15, 0.2) is 28.6 Å². The number of hydrogen-bond acceptors (Lipinski definition) is 3. The molecule has 0 radical (unpaired) electrons. The molecular formula is C14H14N4O2. The Hall–Kier alpha value is -2.81. The normalized spacial score (nSPS) is 11.3. The van der Waals surface area contributed by atoms with E-state index in [4.69, 9.17) is 5.26 Å². The molecule has 0 bridgehead atoms. The highest BCUT2D eigenvalue weighted by atomic mass is 16.1. The third-order valence-electron chi connectivity index (χ3n) is 2.75. The van der Waals surface area contributed by atoms with Crippen molar-refractivity contribution in [3.63, 3.8) is 0 Å². The topological polar surface area (TPSA) is 102 Å². The second kappa shape index (κ2) is 5.89. The third kappa shape index (κ3) is 2.95. The molecule has 1 amide bonds. The largest absolute Gasteiger partial charge is 0.351 e. The second-order valence-corrected chi connectivity index (χ2v) is 4.31. The molecule has 6 heteroatoms. The van der Waals surface area contributed by atoms with Crippen LogP contribution in [0.3, 0.4) is 0 Å². The van der Waals surface area contributed by atoms with Gasteiger partial charge in [-0.05, 0) is 30.2 Å². The smallest absolute Gasteiger partial charge is 0.323 e. The van der Waals surface area contributed by atoms with Gasteiger partial charge in [-0.3, -0.25) is 4.79 Å². The third-order valence-corrected chi connectivity index (χ3v) is 2.75. The van der Waals surface area contributed by atoms with Gasteiger partial charge in [-0.2, -0.15) is 5.26 Å². The molecule has 0 aliphatic rings. The van der Waals surface area contributed by atoms with Gasteiger partial charge in [-0.1, -0.05) is 13.0 Å². The van der Waals surface area contributed by atoms with Crippen LogP contribution in [0, 0.1) is 11.3 Å². The minimum atomic E-state index is -0.392. The summed E-state index contributed by atoms with van der Waals surface area (Å²) >= 11 is 0. The SMILES string of the molecule is CCCNC(=O)/C(C#N)=C/c1ccc2[nH]c(=O)[nH]c2c1. The Morgan fingerprint density at radius 2 is 2.15 bits per heavy atom. The summed E-state index contributed by atoms with van der Waals surface area (Å²) in [6.45, 7) is 2.47. The first-order valence-electron chi connectivity index (χ1n) is 6.26. The molecule has 0 aliphatic carbocycles. The monoisotopic (exact) mass is 270 g/mol. The molecule has 0 saturated heterocycles. The van der Waals surface area contributed by atoms with Crippen LogP contribution < -0.4 is 11.0 Å². The number of imidazole rings is 1. The summed E-state index contributed by atoms with van der Waals surface area (Å²) in [7, 11) is 0. The van der Waals surface area contributed by atoms with Gasteiger partial charge in [0, 0.05) is 6.54 Å². The molecule has 1 aromatic heterocycles. The summed E-state index contributed by atoms with van der Waals surface area (Å²) in [6.07, 6.45) is 2.30. The van der Waals surface area contributed by atoms with Crippen LogP contribution in [0.4, 0.5) is 0 Å². The molecule has 0 aliphatic heterocycles. The predicted octanol–water partition coefficient (Wildman–Crippen LogP) is 1.29. The van der Waals surface area contributed by atoms with E-state index < -0.39 is 5.91 Å². The standard InChI is InChI=1S/C14H14N4O2/c1-2-5-16-13(19)10(8-15)6-9-3-4-11-12(7-9)18-14(20)17-11/h3-4,6-7H,2,5H2,1H3,(H,16,19)(H2,17,18,20)/b10-6+. The molecule has 2 aromatic rings. The number of nitrogens with zero attached hydrogens (tertiary/aromatic N) is 1. The Bertz CT molecular complexity index is 761. The zero-order chi connectivity index (χ0) is 14.5. The lowest BCUT2D eigenvalue weighted by Gasteiger charge is -2.01. The minimum Gasteiger partial charge on any atom is -0.351 e. The van der Waals surface area contributed by atoms with Gasteiger partial charge >= 0.3 is 5.69 Å². The van der Waals surface area contributed by atoms with E-state index >= 15 is 0 Å². The highest BCUT2D eigenvalue weighted by Gasteiger charge is 2.08. The van der Waals surface area contributed by atoms with E-state index in [9.17, 15) is 9.59 Å². The number of rotatable bonds is 4. The van der Waals surface area contributed by atoms with Crippen LogP contribution in [0.25, 0.3) is 17.1 Å². The first-order chi connectivity index (χ1) is 9.63. The summed E-state index contributed by atoms with van der Waals surface area (Å²) < 4.78 is 0. The zero-order valence-corrected chi connectivity index (χ0v) is 11.0. The van der Waals surface area contributed by atoms with Gasteiger partial charge in [0.1, 0.15) is 11.6 Å². The van der Waals surface area contributed by atoms with Gasteiger partial charge in [0.05, 0.1) is 11.0 Å². The molecule has 6 nitrogen and oxygen atoms in total. The number of aromatic nitrogens is 2. The summed E-state index contributed by atoms with van der Waals surface area (Å²) in [5.41, 5.74) is 1.74. The van der Waals surface area contributed by atoms with E-state index in [1.807, 2.05) is 13.0 Å². The Kier molecular flexibility index (Phi) is 4.01. The van der Waals surface area contributed by atoms with Crippen molar-refractivity contribution in [2.24, 2.45) is 0 Å². The summed E-state index contributed by atoms with van der Waals surface area (Å²) in [4.78, 5) is 28.2. The second-order valence-electron chi connectivity index (χ2n) is 4.31. The minimum absolute atomic E-state index is 0.0377. The van der Waals surface area contributed by atoms with Crippen LogP contribution >= 0.6 is 0 Å². The Labute approximate surface area is 115 Å². The van der Waals surface area contributed by atoms with Gasteiger partial charge in [-0.15, -0.1) is 0 Å². The van der Waals surface area contributed by atoms with Crippen molar-refractivity contribution >= 4 is 23.0 Å². The zero-order valence-electron chi connectivity index (χ0n) is 11.0. The van der Waals surface area contributed by atoms with E-state index in [0.29, 0.717) is 23.1 Å². The highest BCUT2D eigenvalue weighted by molar-refractivity contribution is 6.01. The van der Waals surface area contributed by atoms with Crippen molar-refractivity contribution in [1.29, 1.82) is 5.26 Å². The van der Waals surface area contributed by atoms with Crippen LogP contribution in [0.2, 0.25) is 0 Å². The van der Waals surface area contributed by atoms with E-state index in [1.165, 1.54) is 6.08 Å². The number of carbonyl (C=O) groups is 1.